The van der Waals surface area contributed by atoms with Crippen molar-refractivity contribution in [2.24, 2.45) is 0 Å². The highest BCUT2D eigenvalue weighted by atomic mass is 16.2. The van der Waals surface area contributed by atoms with Gasteiger partial charge in [-0.2, -0.15) is 0 Å². The molecule has 3 saturated heterocycles. The van der Waals surface area contributed by atoms with Crippen molar-refractivity contribution in [2.75, 3.05) is 26.2 Å². The number of rotatable bonds is 2. The fourth-order valence-electron chi connectivity index (χ4n) is 3.38. The summed E-state index contributed by atoms with van der Waals surface area (Å²) in [5.41, 5.74) is 0. The third-order valence-electron chi connectivity index (χ3n) is 4.37. The van der Waals surface area contributed by atoms with Gasteiger partial charge in [0.05, 0.1) is 6.04 Å². The number of hydrogen-bond acceptors (Lipinski definition) is 3. The minimum atomic E-state index is -0.249. The van der Waals surface area contributed by atoms with E-state index in [1.54, 1.807) is 9.80 Å². The molecule has 3 heterocycles. The van der Waals surface area contributed by atoms with Crippen LogP contribution in [-0.2, 0) is 4.79 Å². The molecule has 2 atom stereocenters. The molecule has 3 aliphatic rings. The van der Waals surface area contributed by atoms with Gasteiger partial charge in [-0.25, -0.2) is 9.59 Å². The quantitative estimate of drug-likeness (QED) is 0.735. The average molecular weight is 280 g/mol. The van der Waals surface area contributed by atoms with Gasteiger partial charge in [-0.05, 0) is 26.2 Å². The largest absolute Gasteiger partial charge is 0.338 e. The van der Waals surface area contributed by atoms with Gasteiger partial charge in [-0.3, -0.25) is 9.69 Å². The number of carbonyl (C=O) groups is 3. The van der Waals surface area contributed by atoms with E-state index in [4.69, 9.17) is 0 Å². The molecule has 1 unspecified atom stereocenters. The van der Waals surface area contributed by atoms with Crippen LogP contribution in [0.5, 0.6) is 0 Å². The van der Waals surface area contributed by atoms with Crippen LogP contribution in [0.4, 0.5) is 9.59 Å². The Balaban J connectivity index is 1.68. The normalized spacial score (nSPS) is 29.4. The van der Waals surface area contributed by atoms with Gasteiger partial charge in [-0.1, -0.05) is 0 Å². The second-order valence-electron chi connectivity index (χ2n) is 5.57. The van der Waals surface area contributed by atoms with Gasteiger partial charge in [0.2, 0.25) is 0 Å². The highest BCUT2D eigenvalue weighted by Crippen LogP contribution is 2.31. The van der Waals surface area contributed by atoms with Crippen LogP contribution < -0.4 is 5.32 Å². The molecule has 5 amide bonds. The molecule has 0 radical (unpaired) electrons. The van der Waals surface area contributed by atoms with Crippen LogP contribution in [0.15, 0.2) is 0 Å². The highest BCUT2D eigenvalue weighted by molar-refractivity contribution is 6.05. The molecular formula is C13H20N4O3. The smallest absolute Gasteiger partial charge is 0.327 e. The van der Waals surface area contributed by atoms with E-state index in [0.29, 0.717) is 32.6 Å². The van der Waals surface area contributed by atoms with Gasteiger partial charge in [-0.15, -0.1) is 0 Å². The molecular weight excluding hydrogens is 260 g/mol. The maximum atomic E-state index is 12.3. The Kier molecular flexibility index (Phi) is 3.27. The Labute approximate surface area is 117 Å². The number of nitrogens with one attached hydrogen (secondary N) is 1. The van der Waals surface area contributed by atoms with Gasteiger partial charge in [0.1, 0.15) is 6.04 Å². The topological polar surface area (TPSA) is 73.0 Å². The number of amides is 5. The second kappa shape index (κ2) is 4.96. The zero-order chi connectivity index (χ0) is 14.3. The third kappa shape index (κ3) is 1.92. The first kappa shape index (κ1) is 13.2. The number of urea groups is 2. The van der Waals surface area contributed by atoms with Gasteiger partial charge >= 0.3 is 12.1 Å². The summed E-state index contributed by atoms with van der Waals surface area (Å²) >= 11 is 0. The first-order valence-electron chi connectivity index (χ1n) is 7.30. The summed E-state index contributed by atoms with van der Waals surface area (Å²) in [6.07, 6.45) is 2.36. The number of nitrogens with zero attached hydrogens (tertiary/aromatic N) is 3. The predicted molar refractivity (Wildman–Crippen MR) is 71.0 cm³/mol. The highest BCUT2D eigenvalue weighted by Gasteiger charge is 2.51. The van der Waals surface area contributed by atoms with E-state index in [9.17, 15) is 14.4 Å². The molecule has 110 valence electrons. The Bertz CT molecular complexity index is 431. The first-order chi connectivity index (χ1) is 9.63. The van der Waals surface area contributed by atoms with Crippen molar-refractivity contribution in [1.29, 1.82) is 0 Å². The monoisotopic (exact) mass is 280 g/mol. The summed E-state index contributed by atoms with van der Waals surface area (Å²) in [5.74, 6) is -0.0738. The summed E-state index contributed by atoms with van der Waals surface area (Å²) in [6, 6.07) is -0.695. The van der Waals surface area contributed by atoms with E-state index in [0.717, 1.165) is 12.8 Å². The molecule has 3 fully saturated rings. The van der Waals surface area contributed by atoms with E-state index in [-0.39, 0.29) is 30.1 Å². The molecule has 0 saturated carbocycles. The molecule has 0 aliphatic carbocycles. The number of carbonyl (C=O) groups excluding carboxylic acids is 3. The zero-order valence-electron chi connectivity index (χ0n) is 11.7. The Hall–Kier alpha value is -1.79. The molecule has 0 aromatic rings. The summed E-state index contributed by atoms with van der Waals surface area (Å²) in [6.45, 7) is 4.17. The Morgan fingerprint density at radius 1 is 1.30 bits per heavy atom. The summed E-state index contributed by atoms with van der Waals surface area (Å²) in [7, 11) is 0. The van der Waals surface area contributed by atoms with E-state index >= 15 is 0 Å². The molecule has 0 bridgehead atoms. The van der Waals surface area contributed by atoms with Gasteiger partial charge in [0.15, 0.2) is 0 Å². The second-order valence-corrected chi connectivity index (χ2v) is 5.57. The fraction of sp³-hybridized carbons (Fsp3) is 0.769. The predicted octanol–water partition coefficient (Wildman–Crippen LogP) is 0.217. The SMILES string of the molecule is CCNC(=O)N1CCC(N2C(=O)[C@@H]3CCCN3C2=O)C1. The van der Waals surface area contributed by atoms with Crippen molar-refractivity contribution in [1.82, 2.24) is 20.0 Å². The Morgan fingerprint density at radius 2 is 2.10 bits per heavy atom. The molecule has 20 heavy (non-hydrogen) atoms. The Morgan fingerprint density at radius 3 is 2.80 bits per heavy atom. The lowest BCUT2D eigenvalue weighted by Gasteiger charge is -2.23. The maximum absolute atomic E-state index is 12.3. The standard InChI is InChI=1S/C13H20N4O3/c1-2-14-12(19)15-7-5-9(8-15)17-11(18)10-4-3-6-16(10)13(17)20/h9-10H,2-8H2,1H3,(H,14,19)/t9?,10-/m0/s1. The van der Waals surface area contributed by atoms with E-state index < -0.39 is 0 Å². The van der Waals surface area contributed by atoms with Gasteiger partial charge in [0.25, 0.3) is 5.91 Å². The molecule has 0 spiro atoms. The minimum absolute atomic E-state index is 0.0738. The van der Waals surface area contributed by atoms with Gasteiger partial charge < -0.3 is 15.1 Å². The average Bonchev–Trinajstić information content (AvgIpc) is 3.11. The lowest BCUT2D eigenvalue weighted by Crippen LogP contribution is -2.45. The van der Waals surface area contributed by atoms with Crippen molar-refractivity contribution >= 4 is 18.0 Å². The lowest BCUT2D eigenvalue weighted by molar-refractivity contribution is -0.129. The first-order valence-corrected chi connectivity index (χ1v) is 7.30. The van der Waals surface area contributed by atoms with Crippen LogP contribution in [-0.4, -0.2) is 70.9 Å². The van der Waals surface area contributed by atoms with Crippen LogP contribution in [0.3, 0.4) is 0 Å². The van der Waals surface area contributed by atoms with Gasteiger partial charge in [0, 0.05) is 26.2 Å². The molecule has 0 aromatic heterocycles. The van der Waals surface area contributed by atoms with E-state index in [1.807, 2.05) is 6.92 Å². The van der Waals surface area contributed by atoms with Crippen molar-refractivity contribution in [3.63, 3.8) is 0 Å². The van der Waals surface area contributed by atoms with Crippen LogP contribution >= 0.6 is 0 Å². The number of likely N-dealkylation sites (tertiary alicyclic amines) is 1. The summed E-state index contributed by atoms with van der Waals surface area (Å²) in [4.78, 5) is 41.2. The van der Waals surface area contributed by atoms with Crippen molar-refractivity contribution < 1.29 is 14.4 Å². The molecule has 7 heteroatoms. The zero-order valence-corrected chi connectivity index (χ0v) is 11.7. The number of hydrogen-bond donors (Lipinski definition) is 1. The fourth-order valence-corrected chi connectivity index (χ4v) is 3.38. The van der Waals surface area contributed by atoms with Crippen molar-refractivity contribution in [2.45, 2.75) is 38.3 Å². The van der Waals surface area contributed by atoms with Crippen LogP contribution in [0.2, 0.25) is 0 Å². The molecule has 1 N–H and O–H groups in total. The summed E-state index contributed by atoms with van der Waals surface area (Å²) in [5, 5.41) is 2.75. The third-order valence-corrected chi connectivity index (χ3v) is 4.37. The maximum Gasteiger partial charge on any atom is 0.327 e. The molecule has 3 aliphatic heterocycles. The minimum Gasteiger partial charge on any atom is -0.338 e. The number of fused-ring (bicyclic) bond motifs is 1. The van der Waals surface area contributed by atoms with Crippen LogP contribution in [0.25, 0.3) is 0 Å². The van der Waals surface area contributed by atoms with Crippen molar-refractivity contribution in [3.8, 4) is 0 Å². The summed E-state index contributed by atoms with van der Waals surface area (Å²) < 4.78 is 0. The molecule has 7 nitrogen and oxygen atoms in total. The molecule has 0 aromatic carbocycles. The lowest BCUT2D eigenvalue weighted by atomic mass is 10.2. The van der Waals surface area contributed by atoms with E-state index in [1.165, 1.54) is 4.90 Å². The van der Waals surface area contributed by atoms with Crippen LogP contribution in [0, 0.1) is 0 Å². The number of imide groups is 1. The molecule has 3 rings (SSSR count). The van der Waals surface area contributed by atoms with Crippen molar-refractivity contribution in [3.05, 3.63) is 0 Å². The van der Waals surface area contributed by atoms with E-state index in [2.05, 4.69) is 5.32 Å². The van der Waals surface area contributed by atoms with Crippen LogP contribution in [0.1, 0.15) is 26.2 Å².